The van der Waals surface area contributed by atoms with Crippen molar-refractivity contribution in [2.24, 2.45) is 0 Å². The predicted molar refractivity (Wildman–Crippen MR) is 102 cm³/mol. The third kappa shape index (κ3) is 4.94. The molecule has 1 aromatic carbocycles. The van der Waals surface area contributed by atoms with E-state index in [1.54, 1.807) is 18.3 Å². The summed E-state index contributed by atoms with van der Waals surface area (Å²) in [5.41, 5.74) is 4.75. The lowest BCUT2D eigenvalue weighted by molar-refractivity contribution is 0.322. The fourth-order valence-corrected chi connectivity index (χ4v) is 3.95. The van der Waals surface area contributed by atoms with Crippen molar-refractivity contribution >= 4 is 13.4 Å². The van der Waals surface area contributed by atoms with Gasteiger partial charge in [-0.1, -0.05) is 38.1 Å². The summed E-state index contributed by atoms with van der Waals surface area (Å²) in [6.07, 6.45) is 4.89. The van der Waals surface area contributed by atoms with Gasteiger partial charge < -0.3 is 4.52 Å². The van der Waals surface area contributed by atoms with Gasteiger partial charge in [0.05, 0.1) is 5.31 Å². The van der Waals surface area contributed by atoms with Crippen LogP contribution in [0.5, 0.6) is 5.75 Å². The summed E-state index contributed by atoms with van der Waals surface area (Å²) in [6.45, 7) is 7.83. The molecule has 5 nitrogen and oxygen atoms in total. The minimum atomic E-state index is -3.56. The molecule has 1 atom stereocenters. The number of anilines is 1. The van der Waals surface area contributed by atoms with Crippen LogP contribution in [-0.4, -0.2) is 4.98 Å². The predicted octanol–water partition coefficient (Wildman–Crippen LogP) is 6.02. The molecule has 1 aromatic heterocycles. The molecule has 0 saturated carbocycles. The number of aryl methyl sites for hydroxylation is 1. The van der Waals surface area contributed by atoms with Gasteiger partial charge in [0.15, 0.2) is 5.82 Å². The van der Waals surface area contributed by atoms with E-state index in [0.29, 0.717) is 23.3 Å². The van der Waals surface area contributed by atoms with E-state index in [2.05, 4.69) is 10.5 Å². The molecule has 2 rings (SSSR count). The van der Waals surface area contributed by atoms with Gasteiger partial charge in [-0.05, 0) is 56.0 Å². The van der Waals surface area contributed by atoms with Gasteiger partial charge in [-0.25, -0.2) is 15.0 Å². The number of para-hydroxylation sites is 1. The molecule has 0 aliphatic rings. The number of rotatable bonds is 8. The van der Waals surface area contributed by atoms with Crippen molar-refractivity contribution in [2.75, 3.05) is 5.48 Å². The average molecular weight is 360 g/mol. The molecular weight excluding hydrogens is 335 g/mol. The normalized spacial score (nSPS) is 14.0. The Kier molecular flexibility index (Phi) is 6.80. The largest absolute Gasteiger partial charge is 0.427 e. The highest BCUT2D eigenvalue weighted by molar-refractivity contribution is 7.58. The van der Waals surface area contributed by atoms with Crippen LogP contribution in [0.25, 0.3) is 0 Å². The Morgan fingerprint density at radius 3 is 2.56 bits per heavy atom. The molecule has 134 valence electrons. The summed E-state index contributed by atoms with van der Waals surface area (Å²) >= 11 is 0. The van der Waals surface area contributed by atoms with Crippen molar-refractivity contribution in [1.29, 1.82) is 0 Å². The molecule has 6 heteroatoms. The zero-order chi connectivity index (χ0) is 18.3. The van der Waals surface area contributed by atoms with Crippen LogP contribution in [0, 0.1) is 13.8 Å². The third-order valence-electron chi connectivity index (χ3n) is 3.86. The fraction of sp³-hybridized carbons (Fsp3) is 0.316. The Balaban J connectivity index is 2.29. The highest BCUT2D eigenvalue weighted by Crippen LogP contribution is 2.57. The van der Waals surface area contributed by atoms with Gasteiger partial charge in [-0.15, -0.1) is 0 Å². The van der Waals surface area contributed by atoms with E-state index in [0.717, 1.165) is 17.5 Å². The smallest absolute Gasteiger partial charge is 0.420 e. The second kappa shape index (κ2) is 8.84. The lowest BCUT2D eigenvalue weighted by Crippen LogP contribution is -2.09. The van der Waals surface area contributed by atoms with Gasteiger partial charge in [-0.2, -0.15) is 4.62 Å². The standard InChI is InChI=1S/C19H25N2O3P/c1-5-10-18(6-2)25(22,23-17-11-8-7-9-12-17)24-21-19-16(4)15(3)13-14-20-19/h7-14H,5-6H2,1-4H3,(H,20,21)/b18-10+. The zero-order valence-corrected chi connectivity index (χ0v) is 16.0. The van der Waals surface area contributed by atoms with E-state index in [1.807, 2.05) is 58.0 Å². The van der Waals surface area contributed by atoms with Crippen LogP contribution in [0.1, 0.15) is 37.8 Å². The highest BCUT2D eigenvalue weighted by Gasteiger charge is 2.32. The molecule has 1 unspecified atom stereocenters. The third-order valence-corrected chi connectivity index (χ3v) is 5.85. The van der Waals surface area contributed by atoms with Crippen molar-refractivity contribution in [3.8, 4) is 5.75 Å². The van der Waals surface area contributed by atoms with E-state index in [1.165, 1.54) is 0 Å². The van der Waals surface area contributed by atoms with Crippen LogP contribution < -0.4 is 10.0 Å². The van der Waals surface area contributed by atoms with E-state index >= 15 is 0 Å². The lowest BCUT2D eigenvalue weighted by atomic mass is 10.2. The molecule has 0 spiro atoms. The van der Waals surface area contributed by atoms with Gasteiger partial charge in [0.2, 0.25) is 0 Å². The second-order valence-electron chi connectivity index (χ2n) is 5.65. The number of pyridine rings is 1. The summed E-state index contributed by atoms with van der Waals surface area (Å²) < 4.78 is 24.9. The average Bonchev–Trinajstić information content (AvgIpc) is 2.61. The number of nitrogens with zero attached hydrogens (tertiary/aromatic N) is 1. The van der Waals surface area contributed by atoms with Gasteiger partial charge in [0, 0.05) is 6.20 Å². The molecule has 0 bridgehead atoms. The number of hydrogen-bond acceptors (Lipinski definition) is 5. The second-order valence-corrected chi connectivity index (χ2v) is 7.59. The van der Waals surface area contributed by atoms with Crippen molar-refractivity contribution < 1.29 is 13.7 Å². The molecule has 1 N–H and O–H groups in total. The summed E-state index contributed by atoms with van der Waals surface area (Å²) in [7, 11) is -3.56. The molecule has 2 aromatic rings. The Bertz CT molecular complexity index is 775. The van der Waals surface area contributed by atoms with Crippen LogP contribution in [0.4, 0.5) is 5.82 Å². The first-order valence-corrected chi connectivity index (χ1v) is 9.95. The van der Waals surface area contributed by atoms with Crippen LogP contribution >= 0.6 is 7.60 Å². The molecule has 0 aliphatic heterocycles. The van der Waals surface area contributed by atoms with Crippen LogP contribution in [0.3, 0.4) is 0 Å². The first kappa shape index (κ1) is 19.2. The number of hydrogen-bond donors (Lipinski definition) is 1. The number of allylic oxidation sites excluding steroid dienone is 2. The topological polar surface area (TPSA) is 60.5 Å². The van der Waals surface area contributed by atoms with Gasteiger partial charge >= 0.3 is 7.60 Å². The van der Waals surface area contributed by atoms with Crippen LogP contribution in [0.15, 0.2) is 54.0 Å². The minimum Gasteiger partial charge on any atom is -0.420 e. The Morgan fingerprint density at radius 2 is 1.92 bits per heavy atom. The summed E-state index contributed by atoms with van der Waals surface area (Å²) in [4.78, 5) is 4.25. The van der Waals surface area contributed by atoms with Gasteiger partial charge in [0.1, 0.15) is 5.75 Å². The molecule has 0 saturated heterocycles. The molecule has 0 radical (unpaired) electrons. The Hall–Kier alpha value is -2.10. The van der Waals surface area contributed by atoms with Gasteiger partial charge in [-0.3, -0.25) is 0 Å². The van der Waals surface area contributed by atoms with Crippen LogP contribution in [-0.2, 0) is 9.19 Å². The maximum atomic E-state index is 13.5. The van der Waals surface area contributed by atoms with Crippen molar-refractivity contribution in [3.63, 3.8) is 0 Å². The Labute approximate surface area is 149 Å². The van der Waals surface area contributed by atoms with Crippen molar-refractivity contribution in [1.82, 2.24) is 4.98 Å². The first-order chi connectivity index (χ1) is 12.0. The van der Waals surface area contributed by atoms with E-state index < -0.39 is 7.60 Å². The minimum absolute atomic E-state index is 0.497. The fourth-order valence-electron chi connectivity index (χ4n) is 2.28. The quantitative estimate of drug-likeness (QED) is 0.461. The molecule has 0 amide bonds. The maximum absolute atomic E-state index is 13.5. The monoisotopic (exact) mass is 360 g/mol. The number of nitrogens with one attached hydrogen (secondary N) is 1. The van der Waals surface area contributed by atoms with Gasteiger partial charge in [0.25, 0.3) is 0 Å². The lowest BCUT2D eigenvalue weighted by Gasteiger charge is -2.22. The highest BCUT2D eigenvalue weighted by atomic mass is 31.2. The summed E-state index contributed by atoms with van der Waals surface area (Å²) in [6, 6.07) is 11.0. The number of aromatic nitrogens is 1. The van der Waals surface area contributed by atoms with Crippen molar-refractivity contribution in [2.45, 2.75) is 40.5 Å². The van der Waals surface area contributed by atoms with E-state index in [-0.39, 0.29) is 0 Å². The van der Waals surface area contributed by atoms with E-state index in [4.69, 9.17) is 9.15 Å². The zero-order valence-electron chi connectivity index (χ0n) is 15.2. The molecule has 25 heavy (non-hydrogen) atoms. The Morgan fingerprint density at radius 1 is 1.20 bits per heavy atom. The van der Waals surface area contributed by atoms with Crippen molar-refractivity contribution in [3.05, 3.63) is 65.1 Å². The first-order valence-electron chi connectivity index (χ1n) is 8.41. The maximum Gasteiger partial charge on any atom is 0.427 e. The SMILES string of the molecule is CC/C=C(\CC)P(=O)(ONc1nccc(C)c1C)Oc1ccccc1. The molecular formula is C19H25N2O3P. The molecule has 1 heterocycles. The number of benzene rings is 1. The van der Waals surface area contributed by atoms with E-state index in [9.17, 15) is 4.57 Å². The summed E-state index contributed by atoms with van der Waals surface area (Å²) in [5.74, 6) is 1.03. The molecule has 0 aliphatic carbocycles. The molecule has 0 fully saturated rings. The van der Waals surface area contributed by atoms with Crippen LogP contribution in [0.2, 0.25) is 0 Å². The summed E-state index contributed by atoms with van der Waals surface area (Å²) in [5, 5.41) is 0.636.